The number of piperazine rings is 1. The summed E-state index contributed by atoms with van der Waals surface area (Å²) in [7, 11) is 4.01. The molecule has 1 saturated heterocycles. The molecule has 0 bridgehead atoms. The number of anilines is 3. The van der Waals surface area contributed by atoms with E-state index in [1.165, 1.54) is 5.69 Å². The molecule has 0 unspecified atom stereocenters. The number of fused-ring (bicyclic) bond motifs is 1. The zero-order valence-electron chi connectivity index (χ0n) is 14.9. The summed E-state index contributed by atoms with van der Waals surface area (Å²) in [6.45, 7) is 3.73. The Bertz CT molecular complexity index is 921. The van der Waals surface area contributed by atoms with E-state index in [4.69, 9.17) is 11.6 Å². The highest BCUT2D eigenvalue weighted by Crippen LogP contribution is 2.29. The van der Waals surface area contributed by atoms with E-state index in [-0.39, 0.29) is 0 Å². The molecule has 0 N–H and O–H groups in total. The van der Waals surface area contributed by atoms with Gasteiger partial charge in [0, 0.05) is 63.7 Å². The minimum absolute atomic E-state index is 0.708. The van der Waals surface area contributed by atoms with E-state index in [0.717, 1.165) is 48.6 Å². The van der Waals surface area contributed by atoms with Gasteiger partial charge in [-0.05, 0) is 24.3 Å². The third kappa shape index (κ3) is 3.12. The topological polar surface area (TPSA) is 48.4 Å². The van der Waals surface area contributed by atoms with Crippen molar-refractivity contribution in [1.29, 1.82) is 0 Å². The number of aromatic nitrogens is 3. The van der Waals surface area contributed by atoms with Crippen molar-refractivity contribution >= 4 is 39.7 Å². The Morgan fingerprint density at radius 3 is 2.50 bits per heavy atom. The average Bonchev–Trinajstić information content (AvgIpc) is 2.67. The van der Waals surface area contributed by atoms with Gasteiger partial charge in [-0.3, -0.25) is 4.98 Å². The fourth-order valence-corrected chi connectivity index (χ4v) is 3.65. The van der Waals surface area contributed by atoms with Crippen molar-refractivity contribution in [1.82, 2.24) is 15.0 Å². The zero-order chi connectivity index (χ0) is 18.1. The molecular formula is C19H21ClN6. The minimum Gasteiger partial charge on any atom is -0.368 e. The van der Waals surface area contributed by atoms with Crippen molar-refractivity contribution in [3.63, 3.8) is 0 Å². The lowest BCUT2D eigenvalue weighted by molar-refractivity contribution is 0.653. The van der Waals surface area contributed by atoms with Gasteiger partial charge in [-0.25, -0.2) is 9.97 Å². The van der Waals surface area contributed by atoms with Crippen LogP contribution < -0.4 is 14.7 Å². The van der Waals surface area contributed by atoms with Gasteiger partial charge in [-0.1, -0.05) is 11.6 Å². The Kier molecular flexibility index (Phi) is 4.51. The number of nitrogens with zero attached hydrogens (tertiary/aromatic N) is 6. The van der Waals surface area contributed by atoms with E-state index < -0.39 is 0 Å². The largest absolute Gasteiger partial charge is 0.368 e. The molecule has 0 aliphatic carbocycles. The lowest BCUT2D eigenvalue weighted by Crippen LogP contribution is -2.46. The third-order valence-electron chi connectivity index (χ3n) is 4.76. The second-order valence-electron chi connectivity index (χ2n) is 6.59. The van der Waals surface area contributed by atoms with E-state index in [1.54, 1.807) is 18.7 Å². The predicted octanol–water partition coefficient (Wildman–Crippen LogP) is 3.07. The Labute approximate surface area is 158 Å². The van der Waals surface area contributed by atoms with E-state index in [1.807, 2.05) is 25.1 Å². The lowest BCUT2D eigenvalue weighted by atomic mass is 10.1. The zero-order valence-corrected chi connectivity index (χ0v) is 15.7. The van der Waals surface area contributed by atoms with Crippen LogP contribution in [0.15, 0.2) is 43.0 Å². The fourth-order valence-electron chi connectivity index (χ4n) is 3.41. The predicted molar refractivity (Wildman–Crippen MR) is 108 cm³/mol. The summed E-state index contributed by atoms with van der Waals surface area (Å²) in [5.41, 5.74) is 3.23. The van der Waals surface area contributed by atoms with Crippen LogP contribution in [0.4, 0.5) is 17.2 Å². The van der Waals surface area contributed by atoms with Crippen LogP contribution in [0.5, 0.6) is 0 Å². The summed E-state index contributed by atoms with van der Waals surface area (Å²) in [6.07, 6.45) is 5.11. The van der Waals surface area contributed by atoms with Crippen LogP contribution in [-0.4, -0.2) is 55.2 Å². The molecule has 4 rings (SSSR count). The molecule has 1 fully saturated rings. The van der Waals surface area contributed by atoms with Gasteiger partial charge in [0.15, 0.2) is 0 Å². The van der Waals surface area contributed by atoms with Gasteiger partial charge < -0.3 is 14.7 Å². The molecule has 1 aromatic carbocycles. The summed E-state index contributed by atoms with van der Waals surface area (Å²) in [5, 5.41) is 1.79. The van der Waals surface area contributed by atoms with Gasteiger partial charge in [0.25, 0.3) is 0 Å². The second kappa shape index (κ2) is 6.96. The van der Waals surface area contributed by atoms with E-state index in [9.17, 15) is 0 Å². The summed E-state index contributed by atoms with van der Waals surface area (Å²) in [5.74, 6) is 0.944. The van der Waals surface area contributed by atoms with E-state index >= 15 is 0 Å². The Morgan fingerprint density at radius 1 is 1.00 bits per heavy atom. The molecule has 1 aliphatic heterocycles. The van der Waals surface area contributed by atoms with Gasteiger partial charge >= 0.3 is 0 Å². The molecule has 0 spiro atoms. The minimum atomic E-state index is 0.708. The Balaban J connectivity index is 1.56. The summed E-state index contributed by atoms with van der Waals surface area (Å²) in [4.78, 5) is 19.6. The van der Waals surface area contributed by atoms with Gasteiger partial charge in [-0.2, -0.15) is 0 Å². The number of benzene rings is 1. The van der Waals surface area contributed by atoms with Gasteiger partial charge in [-0.15, -0.1) is 0 Å². The molecule has 2 aromatic heterocycles. The summed E-state index contributed by atoms with van der Waals surface area (Å²) < 4.78 is 0. The molecule has 26 heavy (non-hydrogen) atoms. The fraction of sp³-hybridized carbons (Fsp3) is 0.316. The Hall–Kier alpha value is -2.60. The standard InChI is InChI=1S/C19H21ClN6/c1-24(2)19-15-11-14(3-4-17(15)22-13-23-19)25-7-9-26(10-8-25)18-5-6-21-12-16(18)20/h3-6,11-13H,7-10H2,1-2H3. The highest BCUT2D eigenvalue weighted by atomic mass is 35.5. The number of rotatable bonds is 3. The van der Waals surface area contributed by atoms with Crippen LogP contribution in [0.2, 0.25) is 5.02 Å². The third-order valence-corrected chi connectivity index (χ3v) is 5.05. The maximum absolute atomic E-state index is 6.29. The summed E-state index contributed by atoms with van der Waals surface area (Å²) in [6, 6.07) is 8.39. The smallest absolute Gasteiger partial charge is 0.139 e. The van der Waals surface area contributed by atoms with Crippen LogP contribution in [0, 0.1) is 0 Å². The molecule has 3 heterocycles. The Morgan fingerprint density at radius 2 is 1.77 bits per heavy atom. The number of pyridine rings is 1. The summed E-state index contributed by atoms with van der Waals surface area (Å²) >= 11 is 6.29. The lowest BCUT2D eigenvalue weighted by Gasteiger charge is -2.37. The molecule has 6 nitrogen and oxygen atoms in total. The molecule has 0 saturated carbocycles. The molecule has 1 aliphatic rings. The van der Waals surface area contributed by atoms with Gasteiger partial charge in [0.05, 0.1) is 16.2 Å². The van der Waals surface area contributed by atoms with E-state index in [0.29, 0.717) is 5.02 Å². The number of hydrogen-bond donors (Lipinski definition) is 0. The second-order valence-corrected chi connectivity index (χ2v) is 7.00. The molecular weight excluding hydrogens is 348 g/mol. The van der Waals surface area contributed by atoms with Gasteiger partial charge in [0.2, 0.25) is 0 Å². The maximum Gasteiger partial charge on any atom is 0.139 e. The van der Waals surface area contributed by atoms with Crippen LogP contribution in [0.25, 0.3) is 10.9 Å². The van der Waals surface area contributed by atoms with Crippen molar-refractivity contribution in [2.75, 3.05) is 55.0 Å². The van der Waals surface area contributed by atoms with Crippen molar-refractivity contribution in [3.05, 3.63) is 48.0 Å². The normalized spacial score (nSPS) is 14.7. The number of hydrogen-bond acceptors (Lipinski definition) is 6. The average molecular weight is 369 g/mol. The highest BCUT2D eigenvalue weighted by Gasteiger charge is 2.20. The van der Waals surface area contributed by atoms with Gasteiger partial charge in [0.1, 0.15) is 12.1 Å². The molecule has 0 radical (unpaired) electrons. The first kappa shape index (κ1) is 16.8. The molecule has 0 atom stereocenters. The first-order valence-corrected chi connectivity index (χ1v) is 9.03. The number of halogens is 1. The van der Waals surface area contributed by atoms with E-state index in [2.05, 4.69) is 43.0 Å². The highest BCUT2D eigenvalue weighted by molar-refractivity contribution is 6.33. The molecule has 134 valence electrons. The monoisotopic (exact) mass is 368 g/mol. The quantitative estimate of drug-likeness (QED) is 0.708. The maximum atomic E-state index is 6.29. The van der Waals surface area contributed by atoms with Crippen LogP contribution >= 0.6 is 11.6 Å². The SMILES string of the molecule is CN(C)c1ncnc2ccc(N3CCN(c4ccncc4Cl)CC3)cc12. The van der Waals surface area contributed by atoms with Crippen LogP contribution in [0.3, 0.4) is 0 Å². The molecule has 7 heteroatoms. The van der Waals surface area contributed by atoms with Crippen molar-refractivity contribution < 1.29 is 0 Å². The van der Waals surface area contributed by atoms with Crippen molar-refractivity contribution in [2.24, 2.45) is 0 Å². The van der Waals surface area contributed by atoms with Crippen molar-refractivity contribution in [2.45, 2.75) is 0 Å². The molecule has 0 amide bonds. The van der Waals surface area contributed by atoms with Crippen LogP contribution in [-0.2, 0) is 0 Å². The van der Waals surface area contributed by atoms with Crippen molar-refractivity contribution in [3.8, 4) is 0 Å². The first-order chi connectivity index (χ1) is 12.6. The molecule has 3 aromatic rings. The first-order valence-electron chi connectivity index (χ1n) is 8.65. The van der Waals surface area contributed by atoms with Crippen LogP contribution in [0.1, 0.15) is 0 Å².